The van der Waals surface area contributed by atoms with E-state index in [1.807, 2.05) is 6.92 Å². The van der Waals surface area contributed by atoms with Gasteiger partial charge in [0.2, 0.25) is 5.91 Å². The number of rotatable bonds is 9. The Morgan fingerprint density at radius 1 is 1.21 bits per heavy atom. The largest absolute Gasteiger partial charge is 0.383 e. The number of aryl methyl sites for hydroxylation is 1. The lowest BCUT2D eigenvalue weighted by molar-refractivity contribution is -0.394. The fraction of sp³-hybridized carbons (Fsp3) is 0.312. The smallest absolute Gasteiger partial charge is 0.277 e. The molecule has 2 amide bonds. The number of amides is 2. The number of hydrogen-bond acceptors (Lipinski definition) is 9. The number of benzene rings is 1. The summed E-state index contributed by atoms with van der Waals surface area (Å²) in [6, 6.07) is 2.61. The molecule has 0 unspecified atom stereocenters. The first-order valence-electron chi connectivity index (χ1n) is 8.15. The minimum absolute atomic E-state index is 0.00383. The zero-order chi connectivity index (χ0) is 21.6. The number of ether oxygens (including phenoxy) is 1. The molecule has 0 bridgehead atoms. The van der Waals surface area contributed by atoms with Gasteiger partial charge >= 0.3 is 0 Å². The second-order valence-electron chi connectivity index (χ2n) is 5.80. The topological polar surface area (TPSA) is 158 Å². The van der Waals surface area contributed by atoms with Crippen LogP contribution in [0.15, 0.2) is 24.4 Å². The summed E-state index contributed by atoms with van der Waals surface area (Å²) < 4.78 is 4.93. The van der Waals surface area contributed by atoms with Gasteiger partial charge in [0.1, 0.15) is 6.54 Å². The van der Waals surface area contributed by atoms with Gasteiger partial charge in [0.15, 0.2) is 5.13 Å². The molecule has 0 aliphatic rings. The Labute approximate surface area is 168 Å². The summed E-state index contributed by atoms with van der Waals surface area (Å²) in [7, 11) is 1.40. The van der Waals surface area contributed by atoms with E-state index in [9.17, 15) is 29.8 Å². The van der Waals surface area contributed by atoms with Crippen LogP contribution in [-0.2, 0) is 9.53 Å². The van der Waals surface area contributed by atoms with Gasteiger partial charge in [-0.3, -0.25) is 29.8 Å². The Kier molecular flexibility index (Phi) is 7.27. The number of aromatic nitrogens is 1. The minimum Gasteiger partial charge on any atom is -0.383 e. The molecule has 0 aliphatic heterocycles. The van der Waals surface area contributed by atoms with Crippen molar-refractivity contribution >= 4 is 39.7 Å². The number of carbonyl (C=O) groups is 2. The number of carbonyl (C=O) groups excluding carboxylic acids is 2. The molecule has 1 aromatic carbocycles. The molecule has 2 aromatic rings. The lowest BCUT2D eigenvalue weighted by atomic mass is 10.1. The Morgan fingerprint density at radius 3 is 2.31 bits per heavy atom. The number of non-ortho nitro benzene ring substituents is 2. The average Bonchev–Trinajstić information content (AvgIpc) is 3.08. The third-order valence-electron chi connectivity index (χ3n) is 3.63. The predicted molar refractivity (Wildman–Crippen MR) is 103 cm³/mol. The highest BCUT2D eigenvalue weighted by molar-refractivity contribution is 7.15. The number of nitro benzene ring substituents is 2. The van der Waals surface area contributed by atoms with Crippen molar-refractivity contribution in [3.8, 4) is 0 Å². The molecule has 1 heterocycles. The number of hydrogen-bond donors (Lipinski definition) is 1. The molecule has 0 atom stereocenters. The van der Waals surface area contributed by atoms with Gasteiger partial charge in [0.25, 0.3) is 17.3 Å². The van der Waals surface area contributed by atoms with Crippen molar-refractivity contribution in [3.63, 3.8) is 0 Å². The summed E-state index contributed by atoms with van der Waals surface area (Å²) in [5.41, 5.74) is -1.48. The number of thiazole rings is 1. The average molecular weight is 423 g/mol. The molecule has 29 heavy (non-hydrogen) atoms. The quantitative estimate of drug-likeness (QED) is 0.474. The zero-order valence-electron chi connectivity index (χ0n) is 15.5. The van der Waals surface area contributed by atoms with Crippen LogP contribution >= 0.6 is 11.3 Å². The first-order valence-corrected chi connectivity index (χ1v) is 8.97. The van der Waals surface area contributed by atoms with Gasteiger partial charge in [0, 0.05) is 36.9 Å². The van der Waals surface area contributed by atoms with E-state index in [0.717, 1.165) is 28.0 Å². The SMILES string of the molecule is COCCN(CC(=O)Nc1ncc(C)s1)C(=O)c1cc([N+](=O)[O-])cc([N+](=O)[O-])c1. The summed E-state index contributed by atoms with van der Waals surface area (Å²) in [6.07, 6.45) is 1.58. The molecule has 12 nitrogen and oxygen atoms in total. The second-order valence-corrected chi connectivity index (χ2v) is 7.03. The molecular weight excluding hydrogens is 406 g/mol. The highest BCUT2D eigenvalue weighted by atomic mass is 32.1. The summed E-state index contributed by atoms with van der Waals surface area (Å²) in [5, 5.41) is 25.0. The first-order chi connectivity index (χ1) is 13.7. The van der Waals surface area contributed by atoms with Crippen molar-refractivity contribution in [1.29, 1.82) is 0 Å². The van der Waals surface area contributed by atoms with Gasteiger partial charge in [0.05, 0.1) is 28.1 Å². The zero-order valence-corrected chi connectivity index (χ0v) is 16.3. The third kappa shape index (κ3) is 6.02. The van der Waals surface area contributed by atoms with Crippen LogP contribution in [0.2, 0.25) is 0 Å². The molecule has 13 heteroatoms. The lowest BCUT2D eigenvalue weighted by Gasteiger charge is -2.21. The number of nitrogens with one attached hydrogen (secondary N) is 1. The van der Waals surface area contributed by atoms with E-state index in [2.05, 4.69) is 10.3 Å². The number of methoxy groups -OCH3 is 1. The standard InChI is InChI=1S/C16H17N5O7S/c1-10-8-17-16(29-10)18-14(22)9-19(3-4-28-2)15(23)11-5-12(20(24)25)7-13(6-11)21(26)27/h5-8H,3-4,9H2,1-2H3,(H,17,18,22). The van der Waals surface area contributed by atoms with Crippen LogP contribution in [0.25, 0.3) is 0 Å². The summed E-state index contributed by atoms with van der Waals surface area (Å²) in [4.78, 5) is 51.5. The maximum absolute atomic E-state index is 12.8. The predicted octanol–water partition coefficient (Wildman–Crippen LogP) is 2.00. The van der Waals surface area contributed by atoms with Crippen molar-refractivity contribution in [1.82, 2.24) is 9.88 Å². The van der Waals surface area contributed by atoms with Crippen molar-refractivity contribution in [3.05, 3.63) is 55.1 Å². The van der Waals surface area contributed by atoms with E-state index < -0.39 is 39.6 Å². The van der Waals surface area contributed by atoms with Crippen molar-refractivity contribution in [2.75, 3.05) is 32.1 Å². The number of nitrogens with zero attached hydrogens (tertiary/aromatic N) is 4. The van der Waals surface area contributed by atoms with E-state index in [4.69, 9.17) is 4.74 Å². The molecule has 0 radical (unpaired) electrons. The molecule has 154 valence electrons. The molecule has 0 saturated heterocycles. The van der Waals surface area contributed by atoms with Gasteiger partial charge < -0.3 is 15.0 Å². The summed E-state index contributed by atoms with van der Waals surface area (Å²) in [5.74, 6) is -1.32. The first kappa shape index (κ1) is 21.8. The normalized spacial score (nSPS) is 10.4. The second kappa shape index (κ2) is 9.66. The fourth-order valence-corrected chi connectivity index (χ4v) is 2.99. The van der Waals surface area contributed by atoms with Crippen molar-refractivity contribution < 1.29 is 24.2 Å². The molecule has 0 spiro atoms. The van der Waals surface area contributed by atoms with Crippen LogP contribution in [-0.4, -0.2) is 58.4 Å². The maximum atomic E-state index is 12.8. The molecule has 2 rings (SSSR count). The maximum Gasteiger partial charge on any atom is 0.277 e. The van der Waals surface area contributed by atoms with Crippen LogP contribution < -0.4 is 5.32 Å². The van der Waals surface area contributed by atoms with E-state index in [1.165, 1.54) is 18.4 Å². The molecule has 0 aliphatic carbocycles. The van der Waals surface area contributed by atoms with Crippen LogP contribution in [0.1, 0.15) is 15.2 Å². The molecule has 1 aromatic heterocycles. The monoisotopic (exact) mass is 423 g/mol. The highest BCUT2D eigenvalue weighted by Gasteiger charge is 2.24. The number of anilines is 1. The van der Waals surface area contributed by atoms with Crippen molar-refractivity contribution in [2.24, 2.45) is 0 Å². The van der Waals surface area contributed by atoms with E-state index in [1.54, 1.807) is 6.20 Å². The Hall–Kier alpha value is -3.45. The minimum atomic E-state index is -0.833. The van der Waals surface area contributed by atoms with E-state index in [0.29, 0.717) is 5.13 Å². The van der Waals surface area contributed by atoms with Gasteiger partial charge in [-0.2, -0.15) is 0 Å². The summed E-state index contributed by atoms with van der Waals surface area (Å²) >= 11 is 1.25. The van der Waals surface area contributed by atoms with E-state index in [-0.39, 0.29) is 18.7 Å². The summed E-state index contributed by atoms with van der Waals surface area (Å²) in [6.45, 7) is 1.51. The molecule has 0 fully saturated rings. The lowest BCUT2D eigenvalue weighted by Crippen LogP contribution is -2.40. The highest BCUT2D eigenvalue weighted by Crippen LogP contribution is 2.24. The number of nitro groups is 2. The van der Waals surface area contributed by atoms with Crippen LogP contribution in [0, 0.1) is 27.2 Å². The van der Waals surface area contributed by atoms with Gasteiger partial charge in [-0.1, -0.05) is 0 Å². The molecular formula is C16H17N5O7S. The van der Waals surface area contributed by atoms with Gasteiger partial charge in [-0.05, 0) is 6.92 Å². The molecule has 1 N–H and O–H groups in total. The fourth-order valence-electron chi connectivity index (χ4n) is 2.31. The van der Waals surface area contributed by atoms with Gasteiger partial charge in [-0.25, -0.2) is 4.98 Å². The van der Waals surface area contributed by atoms with Crippen LogP contribution in [0.3, 0.4) is 0 Å². The van der Waals surface area contributed by atoms with E-state index >= 15 is 0 Å². The van der Waals surface area contributed by atoms with Crippen LogP contribution in [0.4, 0.5) is 16.5 Å². The van der Waals surface area contributed by atoms with Crippen LogP contribution in [0.5, 0.6) is 0 Å². The van der Waals surface area contributed by atoms with Crippen molar-refractivity contribution in [2.45, 2.75) is 6.92 Å². The Balaban J connectivity index is 2.26. The third-order valence-corrected chi connectivity index (χ3v) is 4.45. The Bertz CT molecular complexity index is 913. The Morgan fingerprint density at radius 2 is 1.83 bits per heavy atom. The van der Waals surface area contributed by atoms with Gasteiger partial charge in [-0.15, -0.1) is 11.3 Å². The molecule has 0 saturated carbocycles.